The van der Waals surface area contributed by atoms with Crippen LogP contribution in [0.15, 0.2) is 52.0 Å². The maximum absolute atomic E-state index is 12.2. The highest BCUT2D eigenvalue weighted by molar-refractivity contribution is 8.00. The third kappa shape index (κ3) is 4.39. The number of hydrogen-bond acceptors (Lipinski definition) is 6. The normalized spacial score (nSPS) is 10.5. The molecule has 25 heavy (non-hydrogen) atoms. The fourth-order valence-electron chi connectivity index (χ4n) is 2.30. The third-order valence-electron chi connectivity index (χ3n) is 3.46. The molecule has 0 aliphatic rings. The van der Waals surface area contributed by atoms with E-state index in [9.17, 15) is 4.79 Å². The summed E-state index contributed by atoms with van der Waals surface area (Å²) in [6, 6.07) is 11.1. The maximum atomic E-state index is 12.2. The fraction of sp³-hybridized carbons (Fsp3) is 0.167. The summed E-state index contributed by atoms with van der Waals surface area (Å²) < 4.78 is 8.28. The van der Waals surface area contributed by atoms with Gasteiger partial charge in [-0.05, 0) is 69.1 Å². The number of carbonyl (C=O) groups is 1. The molecule has 128 valence electrons. The zero-order chi connectivity index (χ0) is 17.8. The largest absolute Gasteiger partial charge is 0.469 e. The number of amides is 1. The SMILES string of the molecule is Cc1cc(C)nc(NSc2ccc(NC(=O)c3ccoc3C)cc2)n1. The van der Waals surface area contributed by atoms with Gasteiger partial charge in [0, 0.05) is 22.0 Å². The van der Waals surface area contributed by atoms with Crippen LogP contribution in [0.5, 0.6) is 0 Å². The lowest BCUT2D eigenvalue weighted by Gasteiger charge is -2.07. The number of aryl methyl sites for hydroxylation is 3. The van der Waals surface area contributed by atoms with Crippen molar-refractivity contribution in [3.63, 3.8) is 0 Å². The topological polar surface area (TPSA) is 80.0 Å². The van der Waals surface area contributed by atoms with E-state index in [1.807, 2.05) is 44.2 Å². The summed E-state index contributed by atoms with van der Waals surface area (Å²) in [7, 11) is 0. The summed E-state index contributed by atoms with van der Waals surface area (Å²) in [6.07, 6.45) is 1.50. The molecule has 3 rings (SSSR count). The molecular formula is C18H18N4O2S. The smallest absolute Gasteiger partial charge is 0.259 e. The summed E-state index contributed by atoms with van der Waals surface area (Å²) in [5, 5.41) is 2.85. The van der Waals surface area contributed by atoms with Gasteiger partial charge in [-0.3, -0.25) is 9.52 Å². The average Bonchev–Trinajstić information content (AvgIpc) is 2.99. The summed E-state index contributed by atoms with van der Waals surface area (Å²) in [4.78, 5) is 21.8. The van der Waals surface area contributed by atoms with Crippen LogP contribution in [0.3, 0.4) is 0 Å². The number of nitrogens with one attached hydrogen (secondary N) is 2. The van der Waals surface area contributed by atoms with Gasteiger partial charge in [-0.1, -0.05) is 0 Å². The van der Waals surface area contributed by atoms with Gasteiger partial charge in [0.25, 0.3) is 5.91 Å². The van der Waals surface area contributed by atoms with Crippen molar-refractivity contribution < 1.29 is 9.21 Å². The molecule has 0 atom stereocenters. The van der Waals surface area contributed by atoms with Crippen LogP contribution in [-0.2, 0) is 0 Å². The molecule has 3 aromatic rings. The number of carbonyl (C=O) groups excluding carboxylic acids is 1. The van der Waals surface area contributed by atoms with E-state index in [2.05, 4.69) is 20.0 Å². The molecule has 0 radical (unpaired) electrons. The molecule has 0 unspecified atom stereocenters. The van der Waals surface area contributed by atoms with Crippen LogP contribution >= 0.6 is 11.9 Å². The standard InChI is InChI=1S/C18H18N4O2S/c1-11-10-12(2)20-18(19-11)22-25-15-6-4-14(5-7-15)21-17(23)16-8-9-24-13(16)3/h4-10H,1-3H3,(H,21,23)(H,19,20,22). The van der Waals surface area contributed by atoms with Crippen molar-refractivity contribution in [1.29, 1.82) is 0 Å². The monoisotopic (exact) mass is 354 g/mol. The van der Waals surface area contributed by atoms with Crippen LogP contribution in [0.4, 0.5) is 11.6 Å². The molecule has 0 aliphatic heterocycles. The van der Waals surface area contributed by atoms with E-state index in [1.165, 1.54) is 18.2 Å². The maximum Gasteiger partial charge on any atom is 0.259 e. The zero-order valence-electron chi connectivity index (χ0n) is 14.2. The van der Waals surface area contributed by atoms with Gasteiger partial charge in [0.1, 0.15) is 5.76 Å². The van der Waals surface area contributed by atoms with Crippen molar-refractivity contribution in [3.8, 4) is 0 Å². The molecule has 2 heterocycles. The first-order valence-electron chi connectivity index (χ1n) is 7.72. The van der Waals surface area contributed by atoms with Gasteiger partial charge in [0.15, 0.2) is 0 Å². The van der Waals surface area contributed by atoms with Gasteiger partial charge >= 0.3 is 0 Å². The van der Waals surface area contributed by atoms with Crippen LogP contribution in [0.25, 0.3) is 0 Å². The lowest BCUT2D eigenvalue weighted by Crippen LogP contribution is -2.11. The molecule has 6 nitrogen and oxygen atoms in total. The number of hydrogen-bond donors (Lipinski definition) is 2. The minimum Gasteiger partial charge on any atom is -0.469 e. The van der Waals surface area contributed by atoms with Gasteiger partial charge in [-0.25, -0.2) is 9.97 Å². The quantitative estimate of drug-likeness (QED) is 0.663. The summed E-state index contributed by atoms with van der Waals surface area (Å²) >= 11 is 1.42. The van der Waals surface area contributed by atoms with Crippen LogP contribution in [-0.4, -0.2) is 15.9 Å². The van der Waals surface area contributed by atoms with Crippen LogP contribution in [0, 0.1) is 20.8 Å². The number of nitrogens with zero attached hydrogens (tertiary/aromatic N) is 2. The van der Waals surface area contributed by atoms with Crippen molar-refractivity contribution in [2.24, 2.45) is 0 Å². The van der Waals surface area contributed by atoms with Crippen LogP contribution in [0.1, 0.15) is 27.5 Å². The molecule has 0 saturated carbocycles. The Morgan fingerprint density at radius 1 is 1.04 bits per heavy atom. The van der Waals surface area contributed by atoms with E-state index in [4.69, 9.17) is 4.42 Å². The molecule has 2 N–H and O–H groups in total. The van der Waals surface area contributed by atoms with E-state index in [1.54, 1.807) is 13.0 Å². The summed E-state index contributed by atoms with van der Waals surface area (Å²) in [6.45, 7) is 5.63. The number of furan rings is 1. The molecule has 0 aliphatic carbocycles. The Kier molecular flexibility index (Phi) is 5.04. The number of rotatable bonds is 5. The second-order valence-electron chi connectivity index (χ2n) is 5.55. The predicted octanol–water partition coefficient (Wildman–Crippen LogP) is 4.37. The Morgan fingerprint density at radius 2 is 1.72 bits per heavy atom. The Labute approximate surface area is 150 Å². The van der Waals surface area contributed by atoms with Gasteiger partial charge in [0.05, 0.1) is 11.8 Å². The van der Waals surface area contributed by atoms with E-state index in [-0.39, 0.29) is 5.91 Å². The molecular weight excluding hydrogens is 336 g/mol. The second-order valence-corrected chi connectivity index (χ2v) is 6.43. The van der Waals surface area contributed by atoms with Crippen molar-refractivity contribution in [3.05, 3.63) is 65.4 Å². The van der Waals surface area contributed by atoms with Gasteiger partial charge in [-0.2, -0.15) is 0 Å². The molecule has 1 amide bonds. The lowest BCUT2D eigenvalue weighted by atomic mass is 10.2. The van der Waals surface area contributed by atoms with Crippen molar-refractivity contribution >= 4 is 29.5 Å². The van der Waals surface area contributed by atoms with E-state index in [0.29, 0.717) is 17.3 Å². The minimum atomic E-state index is -0.187. The molecule has 1 aromatic carbocycles. The predicted molar refractivity (Wildman–Crippen MR) is 98.8 cm³/mol. The fourth-order valence-corrected chi connectivity index (χ4v) is 2.87. The van der Waals surface area contributed by atoms with Gasteiger partial charge in [0.2, 0.25) is 5.95 Å². The number of aromatic nitrogens is 2. The van der Waals surface area contributed by atoms with Crippen molar-refractivity contribution in [2.45, 2.75) is 25.7 Å². The van der Waals surface area contributed by atoms with Gasteiger partial charge in [-0.15, -0.1) is 0 Å². The lowest BCUT2D eigenvalue weighted by molar-refractivity contribution is 0.102. The Bertz CT molecular complexity index is 870. The Balaban J connectivity index is 1.60. The second kappa shape index (κ2) is 7.40. The van der Waals surface area contributed by atoms with E-state index < -0.39 is 0 Å². The highest BCUT2D eigenvalue weighted by Crippen LogP contribution is 2.22. The molecule has 0 fully saturated rings. The van der Waals surface area contributed by atoms with Crippen molar-refractivity contribution in [1.82, 2.24) is 9.97 Å². The van der Waals surface area contributed by atoms with Crippen LogP contribution in [0.2, 0.25) is 0 Å². The van der Waals surface area contributed by atoms with Crippen LogP contribution < -0.4 is 10.0 Å². The molecule has 0 saturated heterocycles. The number of anilines is 2. The first-order chi connectivity index (χ1) is 12.0. The Hall–Kier alpha value is -2.80. The summed E-state index contributed by atoms with van der Waals surface area (Å²) in [5.74, 6) is 0.992. The third-order valence-corrected chi connectivity index (χ3v) is 4.25. The average molecular weight is 354 g/mol. The zero-order valence-corrected chi connectivity index (χ0v) is 15.0. The van der Waals surface area contributed by atoms with Crippen molar-refractivity contribution in [2.75, 3.05) is 10.0 Å². The first-order valence-corrected chi connectivity index (χ1v) is 8.53. The van der Waals surface area contributed by atoms with E-state index in [0.717, 1.165) is 22.0 Å². The highest BCUT2D eigenvalue weighted by Gasteiger charge is 2.11. The number of benzene rings is 1. The summed E-state index contributed by atoms with van der Waals surface area (Å²) in [5.41, 5.74) is 3.09. The molecule has 0 spiro atoms. The first kappa shape index (κ1) is 17.0. The van der Waals surface area contributed by atoms with Gasteiger partial charge < -0.3 is 9.73 Å². The Morgan fingerprint density at radius 3 is 2.32 bits per heavy atom. The minimum absolute atomic E-state index is 0.187. The highest BCUT2D eigenvalue weighted by atomic mass is 32.2. The molecule has 2 aromatic heterocycles. The molecule has 0 bridgehead atoms. The molecule has 7 heteroatoms. The van der Waals surface area contributed by atoms with E-state index >= 15 is 0 Å².